The summed E-state index contributed by atoms with van der Waals surface area (Å²) in [4.78, 5) is 16.4. The van der Waals surface area contributed by atoms with Crippen LogP contribution in [0.3, 0.4) is 0 Å². The first-order valence-corrected chi connectivity index (χ1v) is 6.98. The third kappa shape index (κ3) is 4.43. The van der Waals surface area contributed by atoms with Crippen LogP contribution >= 0.6 is 35.5 Å². The van der Waals surface area contributed by atoms with Gasteiger partial charge in [-0.3, -0.25) is 9.78 Å². The summed E-state index contributed by atoms with van der Waals surface area (Å²) in [5, 5.41) is 3.87. The fourth-order valence-corrected chi connectivity index (χ4v) is 3.25. The van der Waals surface area contributed by atoms with Crippen LogP contribution in [0.1, 0.15) is 18.2 Å². The zero-order valence-electron chi connectivity index (χ0n) is 9.51. The highest BCUT2D eigenvalue weighted by atomic mass is 35.5. The van der Waals surface area contributed by atoms with E-state index >= 15 is 0 Å². The lowest BCUT2D eigenvalue weighted by Crippen LogP contribution is -2.32. The molecule has 1 atom stereocenters. The summed E-state index contributed by atoms with van der Waals surface area (Å²) in [6.07, 6.45) is 5.04. The number of nitrogens with one attached hydrogen (secondary N) is 1. The van der Waals surface area contributed by atoms with Gasteiger partial charge >= 0.3 is 0 Å². The molecule has 0 amide bonds. The minimum Gasteiger partial charge on any atom is -0.313 e. The zero-order valence-corrected chi connectivity index (χ0v) is 12.0. The van der Waals surface area contributed by atoms with Gasteiger partial charge in [-0.05, 0) is 24.6 Å². The standard InChI is InChI=1S/C11H14N2OS2.ClH/c1-8(14)16-11-2-3-12-5-9(11)4-10-6-13-7-15-10;/h4,6-7,11-12H,2-3,5H2,1H3;1H/b9-4+;. The smallest absolute Gasteiger partial charge is 0.186 e. The Balaban J connectivity index is 0.00000144. The van der Waals surface area contributed by atoms with Gasteiger partial charge in [-0.25, -0.2) is 0 Å². The molecule has 94 valence electrons. The Morgan fingerprint density at radius 3 is 3.18 bits per heavy atom. The van der Waals surface area contributed by atoms with Crippen molar-refractivity contribution >= 4 is 46.7 Å². The molecule has 0 aliphatic carbocycles. The van der Waals surface area contributed by atoms with Crippen molar-refractivity contribution in [2.45, 2.75) is 18.6 Å². The van der Waals surface area contributed by atoms with Gasteiger partial charge < -0.3 is 5.32 Å². The van der Waals surface area contributed by atoms with Gasteiger partial charge in [0.1, 0.15) is 0 Å². The quantitative estimate of drug-likeness (QED) is 0.909. The summed E-state index contributed by atoms with van der Waals surface area (Å²) in [5.41, 5.74) is 3.13. The van der Waals surface area contributed by atoms with Gasteiger partial charge in [-0.1, -0.05) is 11.8 Å². The van der Waals surface area contributed by atoms with Gasteiger partial charge in [0.25, 0.3) is 0 Å². The van der Waals surface area contributed by atoms with Crippen LogP contribution < -0.4 is 5.32 Å². The van der Waals surface area contributed by atoms with Crippen molar-refractivity contribution in [3.63, 3.8) is 0 Å². The fourth-order valence-electron chi connectivity index (χ4n) is 1.72. The lowest BCUT2D eigenvalue weighted by molar-refractivity contribution is -0.109. The minimum absolute atomic E-state index is 0. The third-order valence-corrected chi connectivity index (χ3v) is 4.29. The summed E-state index contributed by atoms with van der Waals surface area (Å²) < 4.78 is 0. The Hall–Kier alpha value is -0.360. The highest BCUT2D eigenvalue weighted by molar-refractivity contribution is 8.14. The van der Waals surface area contributed by atoms with Crippen LogP contribution in [0, 0.1) is 0 Å². The van der Waals surface area contributed by atoms with E-state index in [2.05, 4.69) is 16.4 Å². The molecule has 0 radical (unpaired) electrons. The largest absolute Gasteiger partial charge is 0.313 e. The summed E-state index contributed by atoms with van der Waals surface area (Å²) in [6, 6.07) is 0. The zero-order chi connectivity index (χ0) is 11.4. The van der Waals surface area contributed by atoms with Gasteiger partial charge in [0.05, 0.1) is 5.51 Å². The average Bonchev–Trinajstić information content (AvgIpc) is 2.73. The van der Waals surface area contributed by atoms with Crippen LogP contribution in [0.4, 0.5) is 0 Å². The lowest BCUT2D eigenvalue weighted by atomic mass is 10.1. The summed E-state index contributed by atoms with van der Waals surface area (Å²) in [7, 11) is 0. The Morgan fingerprint density at radius 1 is 1.71 bits per heavy atom. The highest BCUT2D eigenvalue weighted by Gasteiger charge is 2.20. The normalized spacial score (nSPS) is 22.2. The number of halogens is 1. The minimum atomic E-state index is 0. The van der Waals surface area contributed by atoms with Crippen LogP contribution in [0.5, 0.6) is 0 Å². The third-order valence-electron chi connectivity index (χ3n) is 2.41. The van der Waals surface area contributed by atoms with E-state index in [9.17, 15) is 4.79 Å². The molecule has 1 saturated heterocycles. The van der Waals surface area contributed by atoms with Gasteiger partial charge in [-0.15, -0.1) is 23.7 Å². The van der Waals surface area contributed by atoms with Crippen molar-refractivity contribution in [2.24, 2.45) is 0 Å². The number of nitrogens with zero attached hydrogens (tertiary/aromatic N) is 1. The summed E-state index contributed by atoms with van der Waals surface area (Å²) in [5.74, 6) is 0. The Morgan fingerprint density at radius 2 is 2.53 bits per heavy atom. The number of thiazole rings is 1. The lowest BCUT2D eigenvalue weighted by Gasteiger charge is -2.24. The van der Waals surface area contributed by atoms with Gasteiger partial charge in [-0.2, -0.15) is 0 Å². The van der Waals surface area contributed by atoms with E-state index in [-0.39, 0.29) is 17.5 Å². The van der Waals surface area contributed by atoms with Crippen LogP contribution in [0.25, 0.3) is 6.08 Å². The first-order valence-electron chi connectivity index (χ1n) is 5.22. The molecule has 0 spiro atoms. The number of rotatable bonds is 2. The molecular weight excluding hydrogens is 276 g/mol. The highest BCUT2D eigenvalue weighted by Crippen LogP contribution is 2.27. The van der Waals surface area contributed by atoms with E-state index in [1.165, 1.54) is 17.3 Å². The molecule has 1 aromatic heterocycles. The van der Waals surface area contributed by atoms with E-state index in [1.54, 1.807) is 18.3 Å². The van der Waals surface area contributed by atoms with E-state index in [4.69, 9.17) is 0 Å². The molecule has 1 unspecified atom stereocenters. The summed E-state index contributed by atoms with van der Waals surface area (Å²) in [6.45, 7) is 3.50. The second-order valence-electron chi connectivity index (χ2n) is 3.69. The number of carbonyl (C=O) groups excluding carboxylic acids is 1. The molecule has 17 heavy (non-hydrogen) atoms. The fraction of sp³-hybridized carbons (Fsp3) is 0.455. The molecule has 1 N–H and O–H groups in total. The van der Waals surface area contributed by atoms with Crippen LogP contribution in [-0.2, 0) is 4.79 Å². The molecule has 0 aromatic carbocycles. The van der Waals surface area contributed by atoms with Crippen molar-refractivity contribution < 1.29 is 4.79 Å². The molecule has 3 nitrogen and oxygen atoms in total. The maximum Gasteiger partial charge on any atom is 0.186 e. The molecule has 1 fully saturated rings. The number of carbonyl (C=O) groups is 1. The van der Waals surface area contributed by atoms with Crippen molar-refractivity contribution in [3.8, 4) is 0 Å². The van der Waals surface area contributed by atoms with Crippen LogP contribution in [0.2, 0.25) is 0 Å². The summed E-state index contributed by atoms with van der Waals surface area (Å²) >= 11 is 3.07. The SMILES string of the molecule is CC(=O)SC1CCNC/C1=C\c1cncs1.Cl. The first kappa shape index (κ1) is 14.7. The van der Waals surface area contributed by atoms with E-state index in [1.807, 2.05) is 11.7 Å². The topological polar surface area (TPSA) is 42.0 Å². The Labute approximate surface area is 116 Å². The predicted octanol–water partition coefficient (Wildman–Crippen LogP) is 2.59. The number of piperidine rings is 1. The molecule has 2 heterocycles. The van der Waals surface area contributed by atoms with Crippen LogP contribution in [0.15, 0.2) is 17.3 Å². The van der Waals surface area contributed by atoms with Crippen LogP contribution in [-0.4, -0.2) is 28.4 Å². The number of thioether (sulfide) groups is 1. The molecule has 6 heteroatoms. The van der Waals surface area contributed by atoms with Crippen molar-refractivity contribution in [1.82, 2.24) is 10.3 Å². The average molecular weight is 291 g/mol. The van der Waals surface area contributed by atoms with Gasteiger partial charge in [0.2, 0.25) is 0 Å². The van der Waals surface area contributed by atoms with Crippen molar-refractivity contribution in [1.29, 1.82) is 0 Å². The van der Waals surface area contributed by atoms with E-state index in [0.29, 0.717) is 5.25 Å². The van der Waals surface area contributed by atoms with Gasteiger partial charge in [0, 0.05) is 29.8 Å². The molecule has 1 aliphatic rings. The number of hydrogen-bond acceptors (Lipinski definition) is 5. The monoisotopic (exact) mass is 290 g/mol. The van der Waals surface area contributed by atoms with Gasteiger partial charge in [0.15, 0.2) is 5.12 Å². The molecule has 0 bridgehead atoms. The second kappa shape index (κ2) is 7.16. The first-order chi connectivity index (χ1) is 7.75. The predicted molar refractivity (Wildman–Crippen MR) is 76.9 cm³/mol. The molecule has 2 rings (SSSR count). The number of hydrogen-bond donors (Lipinski definition) is 1. The second-order valence-corrected chi connectivity index (χ2v) is 5.98. The molecular formula is C11H15ClN2OS2. The number of aromatic nitrogens is 1. The van der Waals surface area contributed by atoms with Crippen molar-refractivity contribution in [2.75, 3.05) is 13.1 Å². The van der Waals surface area contributed by atoms with E-state index < -0.39 is 0 Å². The Kier molecular flexibility index (Phi) is 6.19. The molecule has 0 saturated carbocycles. The molecule has 1 aliphatic heterocycles. The van der Waals surface area contributed by atoms with E-state index in [0.717, 1.165) is 24.4 Å². The maximum absolute atomic E-state index is 11.2. The molecule has 1 aromatic rings. The Bertz CT molecular complexity index is 392. The maximum atomic E-state index is 11.2. The van der Waals surface area contributed by atoms with Crippen molar-refractivity contribution in [3.05, 3.63) is 22.2 Å².